The molecule has 0 atom stereocenters. The highest BCUT2D eigenvalue weighted by Crippen LogP contribution is 2.12. The van der Waals surface area contributed by atoms with Crippen molar-refractivity contribution in [1.82, 2.24) is 0 Å². The number of hydrogen-bond donors (Lipinski definition) is 1. The average molecular weight is 339 g/mol. The minimum absolute atomic E-state index is 0.440. The van der Waals surface area contributed by atoms with Crippen LogP contribution in [0.3, 0.4) is 0 Å². The molecule has 2 rings (SSSR count). The minimum atomic E-state index is 0.440. The Morgan fingerprint density at radius 2 is 1.88 bits per heavy atom. The van der Waals surface area contributed by atoms with Gasteiger partial charge in [-0.3, -0.25) is 0 Å². The van der Waals surface area contributed by atoms with Gasteiger partial charge < -0.3 is 10.5 Å². The van der Waals surface area contributed by atoms with E-state index in [2.05, 4.69) is 28.9 Å². The molecule has 2 aromatic rings. The Hall–Kier alpha value is -2.37. The highest BCUT2D eigenvalue weighted by Gasteiger charge is 1.99. The highest BCUT2D eigenvalue weighted by atomic mass is 32.2. The number of thioether (sulfide) groups is 1. The number of ether oxygens (including phenoxy) is 1. The van der Waals surface area contributed by atoms with E-state index in [0.717, 1.165) is 16.9 Å². The molecule has 0 bridgehead atoms. The smallest absolute Gasteiger partial charge is 0.180 e. The first-order valence-electron chi connectivity index (χ1n) is 7.59. The van der Waals surface area contributed by atoms with Crippen LogP contribution < -0.4 is 5.73 Å². The van der Waals surface area contributed by atoms with Crippen molar-refractivity contribution in [1.29, 1.82) is 0 Å². The first-order chi connectivity index (χ1) is 11.8. The molecule has 0 spiro atoms. The van der Waals surface area contributed by atoms with E-state index in [0.29, 0.717) is 18.4 Å². The minimum Gasteiger partial charge on any atom is -0.377 e. The lowest BCUT2D eigenvalue weighted by Gasteiger charge is -2.05. The van der Waals surface area contributed by atoms with Gasteiger partial charge in [-0.1, -0.05) is 72.4 Å². The topological polar surface area (TPSA) is 60.0 Å². The van der Waals surface area contributed by atoms with Gasteiger partial charge in [-0.15, -0.1) is 11.7 Å². The van der Waals surface area contributed by atoms with Crippen molar-refractivity contribution in [3.63, 3.8) is 0 Å². The van der Waals surface area contributed by atoms with Gasteiger partial charge in [-0.2, -0.15) is 5.10 Å². The normalized spacial score (nSPS) is 11.8. The van der Waals surface area contributed by atoms with Gasteiger partial charge in [-0.05, 0) is 11.1 Å². The van der Waals surface area contributed by atoms with Gasteiger partial charge in [0.05, 0.1) is 19.4 Å². The number of nitrogens with zero attached hydrogens (tertiary/aromatic N) is 2. The van der Waals surface area contributed by atoms with E-state index in [1.165, 1.54) is 17.3 Å². The lowest BCUT2D eigenvalue weighted by Crippen LogP contribution is -2.06. The molecule has 0 amide bonds. The Bertz CT molecular complexity index is 699. The van der Waals surface area contributed by atoms with Gasteiger partial charge in [0.25, 0.3) is 0 Å². The fourth-order valence-electron chi connectivity index (χ4n) is 1.95. The molecule has 0 aliphatic carbocycles. The average Bonchev–Trinajstić information content (AvgIpc) is 2.62. The van der Waals surface area contributed by atoms with Crippen LogP contribution >= 0.6 is 11.8 Å². The summed E-state index contributed by atoms with van der Waals surface area (Å²) in [5.41, 5.74) is 9.10. The second-order valence-corrected chi connectivity index (χ2v) is 5.96. The molecule has 0 aromatic heterocycles. The van der Waals surface area contributed by atoms with E-state index in [4.69, 9.17) is 10.5 Å². The van der Waals surface area contributed by atoms with Crippen LogP contribution in [0.2, 0.25) is 0 Å². The van der Waals surface area contributed by atoms with E-state index in [-0.39, 0.29) is 0 Å². The predicted molar refractivity (Wildman–Crippen MR) is 103 cm³/mol. The molecule has 4 nitrogen and oxygen atoms in total. The largest absolute Gasteiger partial charge is 0.377 e. The van der Waals surface area contributed by atoms with Crippen molar-refractivity contribution < 1.29 is 4.74 Å². The van der Waals surface area contributed by atoms with Crippen molar-refractivity contribution in [2.75, 3.05) is 6.61 Å². The number of rotatable bonds is 8. The maximum atomic E-state index is 5.89. The van der Waals surface area contributed by atoms with E-state index >= 15 is 0 Å². The molecule has 124 valence electrons. The summed E-state index contributed by atoms with van der Waals surface area (Å²) < 4.78 is 5.48. The summed E-state index contributed by atoms with van der Waals surface area (Å²) in [7, 11) is 0. The van der Waals surface area contributed by atoms with Crippen LogP contribution in [0.15, 0.2) is 77.5 Å². The maximum absolute atomic E-state index is 5.89. The van der Waals surface area contributed by atoms with Crippen LogP contribution in [0.5, 0.6) is 0 Å². The van der Waals surface area contributed by atoms with Gasteiger partial charge >= 0.3 is 0 Å². The molecule has 0 unspecified atom stereocenters. The SMILES string of the molecule is C=CCOCc1ccccc1C=NN=C(N)SCc1ccccc1. The van der Waals surface area contributed by atoms with Crippen LogP contribution in [0.4, 0.5) is 0 Å². The first kappa shape index (κ1) is 18.0. The first-order valence-corrected chi connectivity index (χ1v) is 8.58. The summed E-state index contributed by atoms with van der Waals surface area (Å²) in [5, 5.41) is 8.57. The van der Waals surface area contributed by atoms with Crippen molar-refractivity contribution in [3.8, 4) is 0 Å². The molecular formula is C19H21N3OS. The molecular weight excluding hydrogens is 318 g/mol. The Labute approximate surface area is 147 Å². The summed E-state index contributed by atoms with van der Waals surface area (Å²) >= 11 is 1.46. The second-order valence-electron chi connectivity index (χ2n) is 4.96. The van der Waals surface area contributed by atoms with Crippen LogP contribution in [0.25, 0.3) is 0 Å². The number of nitrogens with two attached hydrogens (primary N) is 1. The van der Waals surface area contributed by atoms with E-state index in [1.807, 2.05) is 42.5 Å². The van der Waals surface area contributed by atoms with Gasteiger partial charge in [0, 0.05) is 11.3 Å². The zero-order valence-corrected chi connectivity index (χ0v) is 14.3. The van der Waals surface area contributed by atoms with Crippen molar-refractivity contribution >= 4 is 23.1 Å². The molecule has 24 heavy (non-hydrogen) atoms. The van der Waals surface area contributed by atoms with Crippen molar-refractivity contribution in [2.45, 2.75) is 12.4 Å². The van der Waals surface area contributed by atoms with E-state index in [9.17, 15) is 0 Å². The fourth-order valence-corrected chi connectivity index (χ4v) is 2.56. The highest BCUT2D eigenvalue weighted by molar-refractivity contribution is 8.13. The third-order valence-electron chi connectivity index (χ3n) is 3.13. The van der Waals surface area contributed by atoms with Gasteiger partial charge in [-0.25, -0.2) is 0 Å². The standard InChI is InChI=1S/C19H21N3OS/c1-2-12-23-14-18-11-7-6-10-17(18)13-21-22-19(20)24-15-16-8-4-3-5-9-16/h2-11,13H,1,12,14-15H2,(H2,20,22). The molecule has 0 saturated heterocycles. The second kappa shape index (κ2) is 10.4. The summed E-state index contributed by atoms with van der Waals surface area (Å²) in [6.45, 7) is 4.67. The summed E-state index contributed by atoms with van der Waals surface area (Å²) in [5.74, 6) is 0.775. The zero-order valence-electron chi connectivity index (χ0n) is 13.5. The molecule has 0 radical (unpaired) electrons. The summed E-state index contributed by atoms with van der Waals surface area (Å²) in [6, 6.07) is 18.0. The number of hydrogen-bond acceptors (Lipinski definition) is 4. The molecule has 0 aliphatic rings. The molecule has 2 N–H and O–H groups in total. The Kier molecular flexibility index (Phi) is 7.80. The van der Waals surface area contributed by atoms with Crippen LogP contribution in [-0.2, 0) is 17.1 Å². The van der Waals surface area contributed by atoms with E-state index < -0.39 is 0 Å². The third-order valence-corrected chi connectivity index (χ3v) is 3.99. The van der Waals surface area contributed by atoms with Gasteiger partial charge in [0.1, 0.15) is 0 Å². The quantitative estimate of drug-likeness (QED) is 0.260. The zero-order chi connectivity index (χ0) is 17.0. The van der Waals surface area contributed by atoms with Crippen LogP contribution in [0, 0.1) is 0 Å². The molecule has 0 aliphatic heterocycles. The Balaban J connectivity index is 1.91. The van der Waals surface area contributed by atoms with Gasteiger partial charge in [0.2, 0.25) is 0 Å². The van der Waals surface area contributed by atoms with E-state index in [1.54, 1.807) is 12.3 Å². The molecule has 0 fully saturated rings. The van der Waals surface area contributed by atoms with Gasteiger partial charge in [0.15, 0.2) is 5.17 Å². The lowest BCUT2D eigenvalue weighted by atomic mass is 10.1. The lowest BCUT2D eigenvalue weighted by molar-refractivity contribution is 0.149. The van der Waals surface area contributed by atoms with Crippen LogP contribution in [-0.4, -0.2) is 18.0 Å². The monoisotopic (exact) mass is 339 g/mol. The molecule has 0 saturated carbocycles. The predicted octanol–water partition coefficient (Wildman–Crippen LogP) is 3.97. The van der Waals surface area contributed by atoms with Crippen molar-refractivity contribution in [2.24, 2.45) is 15.9 Å². The number of benzene rings is 2. The fraction of sp³-hybridized carbons (Fsp3) is 0.158. The third kappa shape index (κ3) is 6.40. The summed E-state index contributed by atoms with van der Waals surface area (Å²) in [6.07, 6.45) is 3.42. The Morgan fingerprint density at radius 3 is 2.67 bits per heavy atom. The summed E-state index contributed by atoms with van der Waals surface area (Å²) in [4.78, 5) is 0. The van der Waals surface area contributed by atoms with Crippen LogP contribution in [0.1, 0.15) is 16.7 Å². The maximum Gasteiger partial charge on any atom is 0.180 e. The molecule has 5 heteroatoms. The Morgan fingerprint density at radius 1 is 1.12 bits per heavy atom. The molecule has 2 aromatic carbocycles. The van der Waals surface area contributed by atoms with Crippen molar-refractivity contribution in [3.05, 3.63) is 83.9 Å². The molecule has 0 heterocycles. The number of amidine groups is 1.